The van der Waals surface area contributed by atoms with Crippen molar-refractivity contribution in [1.82, 2.24) is 4.90 Å². The van der Waals surface area contributed by atoms with Crippen LogP contribution in [-0.4, -0.2) is 49.0 Å². The number of sulfone groups is 1. The van der Waals surface area contributed by atoms with Gasteiger partial charge in [0.25, 0.3) is 0 Å². The summed E-state index contributed by atoms with van der Waals surface area (Å²) in [5, 5.41) is 11.7. The first-order valence-electron chi connectivity index (χ1n) is 6.60. The highest BCUT2D eigenvalue weighted by Crippen LogP contribution is 2.16. The molecule has 1 aliphatic heterocycles. The molecule has 116 valence electrons. The second-order valence-electron chi connectivity index (χ2n) is 5.07. The van der Waals surface area contributed by atoms with Gasteiger partial charge in [-0.2, -0.15) is 0 Å². The van der Waals surface area contributed by atoms with Gasteiger partial charge in [-0.3, -0.25) is 4.90 Å². The Labute approximate surface area is 123 Å². The number of hydrogen-bond acceptors (Lipinski definition) is 5. The molecular formula is C13H18FN3O3S. The highest BCUT2D eigenvalue weighted by molar-refractivity contribution is 7.91. The highest BCUT2D eigenvalue weighted by Gasteiger charge is 2.20. The van der Waals surface area contributed by atoms with Crippen LogP contribution in [0, 0.1) is 5.82 Å². The van der Waals surface area contributed by atoms with E-state index in [1.54, 1.807) is 6.07 Å². The van der Waals surface area contributed by atoms with Gasteiger partial charge >= 0.3 is 0 Å². The molecule has 21 heavy (non-hydrogen) atoms. The summed E-state index contributed by atoms with van der Waals surface area (Å²) < 4.78 is 36.5. The van der Waals surface area contributed by atoms with Gasteiger partial charge < -0.3 is 10.9 Å². The van der Waals surface area contributed by atoms with Crippen LogP contribution in [0.25, 0.3) is 0 Å². The molecule has 1 heterocycles. The fraction of sp³-hybridized carbons (Fsp3) is 0.462. The van der Waals surface area contributed by atoms with Gasteiger partial charge in [0, 0.05) is 18.7 Å². The molecule has 1 aromatic rings. The van der Waals surface area contributed by atoms with Crippen LogP contribution in [0.3, 0.4) is 0 Å². The van der Waals surface area contributed by atoms with Crippen LogP contribution in [0.15, 0.2) is 23.4 Å². The van der Waals surface area contributed by atoms with Crippen molar-refractivity contribution in [2.45, 2.75) is 13.0 Å². The van der Waals surface area contributed by atoms with E-state index in [-0.39, 0.29) is 17.3 Å². The second-order valence-corrected chi connectivity index (χ2v) is 7.37. The number of halogens is 1. The molecule has 0 atom stereocenters. The molecule has 2 rings (SSSR count). The number of benzene rings is 1. The fourth-order valence-corrected chi connectivity index (χ4v) is 3.68. The van der Waals surface area contributed by atoms with Crippen molar-refractivity contribution in [1.29, 1.82) is 0 Å². The monoisotopic (exact) mass is 315 g/mol. The summed E-state index contributed by atoms with van der Waals surface area (Å²) in [4.78, 5) is 1.98. The van der Waals surface area contributed by atoms with Gasteiger partial charge in [0.15, 0.2) is 15.7 Å². The van der Waals surface area contributed by atoms with E-state index in [0.29, 0.717) is 37.2 Å². The van der Waals surface area contributed by atoms with Gasteiger partial charge in [0.2, 0.25) is 0 Å². The quantitative estimate of drug-likeness (QED) is 0.367. The first-order valence-corrected chi connectivity index (χ1v) is 8.42. The molecule has 0 saturated carbocycles. The van der Waals surface area contributed by atoms with Crippen LogP contribution in [0.1, 0.15) is 17.5 Å². The average molecular weight is 315 g/mol. The summed E-state index contributed by atoms with van der Waals surface area (Å²) in [6.45, 7) is 1.50. The zero-order valence-corrected chi connectivity index (χ0v) is 12.3. The van der Waals surface area contributed by atoms with E-state index < -0.39 is 15.7 Å². The standard InChI is InChI=1S/C13H18FN3O3S/c14-11-3-2-10(12(8-11)13(15)16-18)9-17-4-1-6-21(19,20)7-5-17/h2-3,8,18H,1,4-7,9H2,(H2,15,16). The van der Waals surface area contributed by atoms with Crippen molar-refractivity contribution in [2.75, 3.05) is 24.6 Å². The molecule has 1 fully saturated rings. The smallest absolute Gasteiger partial charge is 0.170 e. The van der Waals surface area contributed by atoms with Crippen LogP contribution in [0.2, 0.25) is 0 Å². The lowest BCUT2D eigenvalue weighted by Gasteiger charge is -2.20. The third kappa shape index (κ3) is 4.15. The van der Waals surface area contributed by atoms with E-state index in [0.717, 1.165) is 0 Å². The lowest BCUT2D eigenvalue weighted by molar-refractivity contribution is 0.286. The predicted molar refractivity (Wildman–Crippen MR) is 77.5 cm³/mol. The number of rotatable bonds is 3. The lowest BCUT2D eigenvalue weighted by atomic mass is 10.1. The third-order valence-corrected chi connectivity index (χ3v) is 5.21. The van der Waals surface area contributed by atoms with Crippen molar-refractivity contribution in [3.8, 4) is 0 Å². The van der Waals surface area contributed by atoms with E-state index in [4.69, 9.17) is 10.9 Å². The minimum atomic E-state index is -2.97. The van der Waals surface area contributed by atoms with Gasteiger partial charge in [0.05, 0.1) is 11.5 Å². The molecule has 3 N–H and O–H groups in total. The largest absolute Gasteiger partial charge is 0.409 e. The molecule has 0 unspecified atom stereocenters. The Morgan fingerprint density at radius 2 is 2.14 bits per heavy atom. The zero-order chi connectivity index (χ0) is 15.5. The summed E-state index contributed by atoms with van der Waals surface area (Å²) in [6.07, 6.45) is 0.572. The van der Waals surface area contributed by atoms with Gasteiger partial charge in [-0.05, 0) is 30.7 Å². The molecule has 0 radical (unpaired) electrons. The van der Waals surface area contributed by atoms with Crippen LogP contribution >= 0.6 is 0 Å². The Hall–Kier alpha value is -1.67. The van der Waals surface area contributed by atoms with Gasteiger partial charge in [0.1, 0.15) is 5.82 Å². The molecule has 0 aliphatic carbocycles. The molecule has 1 aromatic carbocycles. The summed E-state index contributed by atoms with van der Waals surface area (Å²) in [5.74, 6) is -0.321. The van der Waals surface area contributed by atoms with Gasteiger partial charge in [-0.15, -0.1) is 0 Å². The number of nitrogens with two attached hydrogens (primary N) is 1. The van der Waals surface area contributed by atoms with E-state index in [2.05, 4.69) is 5.16 Å². The summed E-state index contributed by atoms with van der Waals surface area (Å²) in [7, 11) is -2.97. The first kappa shape index (κ1) is 15.7. The molecule has 0 aromatic heterocycles. The highest BCUT2D eigenvalue weighted by atomic mass is 32.2. The van der Waals surface area contributed by atoms with E-state index in [9.17, 15) is 12.8 Å². The van der Waals surface area contributed by atoms with Crippen molar-refractivity contribution in [3.05, 3.63) is 35.1 Å². The number of oxime groups is 1. The zero-order valence-electron chi connectivity index (χ0n) is 11.5. The Bertz CT molecular complexity index is 646. The maximum atomic E-state index is 13.3. The lowest BCUT2D eigenvalue weighted by Crippen LogP contribution is -2.28. The van der Waals surface area contributed by atoms with Crippen LogP contribution in [0.5, 0.6) is 0 Å². The fourth-order valence-electron chi connectivity index (χ4n) is 2.37. The van der Waals surface area contributed by atoms with Gasteiger partial charge in [-0.1, -0.05) is 11.2 Å². The first-order chi connectivity index (χ1) is 9.91. The Kier molecular flexibility index (Phi) is 4.79. The van der Waals surface area contributed by atoms with Crippen LogP contribution in [0.4, 0.5) is 4.39 Å². The maximum Gasteiger partial charge on any atom is 0.170 e. The van der Waals surface area contributed by atoms with Gasteiger partial charge in [-0.25, -0.2) is 12.8 Å². The predicted octanol–water partition coefficient (Wildman–Crippen LogP) is 0.541. The average Bonchev–Trinajstić information content (AvgIpc) is 2.61. The second kappa shape index (κ2) is 6.40. The molecule has 0 bridgehead atoms. The third-order valence-electron chi connectivity index (χ3n) is 3.50. The van der Waals surface area contributed by atoms with Crippen molar-refractivity contribution < 1.29 is 18.0 Å². The summed E-state index contributed by atoms with van der Waals surface area (Å²) in [5.41, 5.74) is 6.59. The minimum absolute atomic E-state index is 0.118. The maximum absolute atomic E-state index is 13.3. The number of nitrogens with zero attached hydrogens (tertiary/aromatic N) is 2. The van der Waals surface area contributed by atoms with E-state index >= 15 is 0 Å². The molecular weight excluding hydrogens is 297 g/mol. The van der Waals surface area contributed by atoms with Crippen LogP contribution in [-0.2, 0) is 16.4 Å². The summed E-state index contributed by atoms with van der Waals surface area (Å²) in [6, 6.07) is 4.08. The summed E-state index contributed by atoms with van der Waals surface area (Å²) >= 11 is 0. The number of hydrogen-bond donors (Lipinski definition) is 2. The van der Waals surface area contributed by atoms with E-state index in [1.807, 2.05) is 4.90 Å². The van der Waals surface area contributed by atoms with E-state index in [1.165, 1.54) is 12.1 Å². The molecule has 0 spiro atoms. The molecule has 8 heteroatoms. The molecule has 1 aliphatic rings. The number of amidine groups is 1. The minimum Gasteiger partial charge on any atom is -0.409 e. The van der Waals surface area contributed by atoms with Crippen molar-refractivity contribution in [2.24, 2.45) is 10.9 Å². The van der Waals surface area contributed by atoms with Crippen LogP contribution < -0.4 is 5.73 Å². The van der Waals surface area contributed by atoms with Crippen molar-refractivity contribution in [3.63, 3.8) is 0 Å². The Morgan fingerprint density at radius 1 is 1.38 bits per heavy atom. The topological polar surface area (TPSA) is 96.0 Å². The normalized spacial score (nSPS) is 20.1. The SMILES string of the molecule is N/C(=N/O)c1cc(F)ccc1CN1CCCS(=O)(=O)CC1. The van der Waals surface area contributed by atoms with Crippen molar-refractivity contribution >= 4 is 15.7 Å². The molecule has 1 saturated heterocycles. The Balaban J connectivity index is 2.19. The molecule has 6 nitrogen and oxygen atoms in total. The molecule has 0 amide bonds. The Morgan fingerprint density at radius 3 is 2.86 bits per heavy atom.